The first-order chi connectivity index (χ1) is 8.63. The largest absolute Gasteiger partial charge is 0.311 e. The van der Waals surface area contributed by atoms with Crippen molar-refractivity contribution in [3.05, 3.63) is 35.2 Å². The molecular formula is C11H10N4O3. The fourth-order valence-corrected chi connectivity index (χ4v) is 1.57. The summed E-state index contributed by atoms with van der Waals surface area (Å²) in [5.74, 6) is -1.04. The van der Waals surface area contributed by atoms with Crippen LogP contribution in [0.5, 0.6) is 0 Å². The third-order valence-corrected chi connectivity index (χ3v) is 2.32. The average molecular weight is 246 g/mol. The van der Waals surface area contributed by atoms with E-state index in [0.29, 0.717) is 5.69 Å². The van der Waals surface area contributed by atoms with Crippen molar-refractivity contribution in [1.29, 1.82) is 0 Å². The number of hydrogen-bond donors (Lipinski definition) is 1. The van der Waals surface area contributed by atoms with E-state index in [2.05, 4.69) is 15.6 Å². The lowest BCUT2D eigenvalue weighted by atomic mass is 10.2. The van der Waals surface area contributed by atoms with Gasteiger partial charge in [-0.15, -0.1) is 10.0 Å². The lowest BCUT2D eigenvalue weighted by Gasteiger charge is -2.10. The second-order valence-corrected chi connectivity index (χ2v) is 3.66. The van der Waals surface area contributed by atoms with Crippen LogP contribution in [0.2, 0.25) is 0 Å². The fraction of sp³-hybridized carbons (Fsp3) is 0.182. The van der Waals surface area contributed by atoms with Gasteiger partial charge in [0.2, 0.25) is 11.9 Å². The number of hydrazone groups is 1. The Morgan fingerprint density at radius 1 is 1.39 bits per heavy atom. The lowest BCUT2D eigenvalue weighted by Crippen LogP contribution is -2.38. The van der Waals surface area contributed by atoms with Crippen molar-refractivity contribution in [2.24, 2.45) is 10.3 Å². The molecule has 0 radical (unpaired) electrons. The number of nitroso groups, excluding NO2 is 1. The second-order valence-electron chi connectivity index (χ2n) is 3.66. The molecule has 7 nitrogen and oxygen atoms in total. The van der Waals surface area contributed by atoms with Gasteiger partial charge in [0.1, 0.15) is 0 Å². The smallest absolute Gasteiger partial charge is 0.283 e. The summed E-state index contributed by atoms with van der Waals surface area (Å²) in [6.07, 6.45) is 0. The van der Waals surface area contributed by atoms with Gasteiger partial charge in [-0.25, -0.2) is 0 Å². The normalized spacial score (nSPS) is 18.5. The third-order valence-electron chi connectivity index (χ3n) is 2.32. The van der Waals surface area contributed by atoms with Gasteiger partial charge in [0.15, 0.2) is 5.84 Å². The minimum Gasteiger partial charge on any atom is -0.311 e. The number of carbonyl (C=O) groups excluding carboxylic acids is 2. The molecule has 1 aromatic rings. The van der Waals surface area contributed by atoms with Crippen molar-refractivity contribution in [3.8, 4) is 0 Å². The summed E-state index contributed by atoms with van der Waals surface area (Å²) in [5, 5.41) is 9.98. The van der Waals surface area contributed by atoms with Gasteiger partial charge in [-0.1, -0.05) is 18.2 Å². The van der Waals surface area contributed by atoms with E-state index in [1.54, 1.807) is 30.3 Å². The van der Waals surface area contributed by atoms with E-state index in [9.17, 15) is 14.5 Å². The summed E-state index contributed by atoms with van der Waals surface area (Å²) in [6.45, 7) is 1.26. The molecule has 92 valence electrons. The van der Waals surface area contributed by atoms with E-state index in [1.165, 1.54) is 6.92 Å². The standard InChI is InChI=1S/C11H10N4O3/c1-7(16)12-10-9(14-18)11(17)15(13-10)8-5-3-2-4-6-8/h2-6,9H,1H3,(H,12,13,16)/t9-/m1/s1. The predicted octanol–water partition coefficient (Wildman–Crippen LogP) is 0.618. The van der Waals surface area contributed by atoms with Crippen LogP contribution >= 0.6 is 0 Å². The molecule has 0 unspecified atom stereocenters. The van der Waals surface area contributed by atoms with Gasteiger partial charge in [-0.2, -0.15) is 5.01 Å². The van der Waals surface area contributed by atoms with Crippen LogP contribution in [-0.4, -0.2) is 23.7 Å². The number of carbonyl (C=O) groups is 2. The number of anilines is 1. The van der Waals surface area contributed by atoms with E-state index in [4.69, 9.17) is 0 Å². The molecule has 2 amide bonds. The molecule has 0 bridgehead atoms. The highest BCUT2D eigenvalue weighted by Gasteiger charge is 2.38. The Bertz CT molecular complexity index is 526. The number of rotatable bonds is 2. The van der Waals surface area contributed by atoms with Crippen molar-refractivity contribution >= 4 is 23.3 Å². The summed E-state index contributed by atoms with van der Waals surface area (Å²) in [7, 11) is 0. The van der Waals surface area contributed by atoms with Crippen molar-refractivity contribution in [2.75, 3.05) is 5.01 Å². The van der Waals surface area contributed by atoms with Gasteiger partial charge in [-0.05, 0) is 17.3 Å². The zero-order chi connectivity index (χ0) is 13.1. The van der Waals surface area contributed by atoms with Crippen LogP contribution in [0.4, 0.5) is 5.69 Å². The van der Waals surface area contributed by atoms with Crippen molar-refractivity contribution in [1.82, 2.24) is 5.32 Å². The first-order valence-electron chi connectivity index (χ1n) is 5.21. The summed E-state index contributed by atoms with van der Waals surface area (Å²) < 4.78 is 0. The Balaban J connectivity index is 2.33. The fourth-order valence-electron chi connectivity index (χ4n) is 1.57. The van der Waals surface area contributed by atoms with Crippen molar-refractivity contribution in [2.45, 2.75) is 13.0 Å². The Kier molecular flexibility index (Phi) is 3.13. The molecule has 0 spiro atoms. The zero-order valence-electron chi connectivity index (χ0n) is 9.53. The number of hydrogen-bond acceptors (Lipinski definition) is 5. The molecular weight excluding hydrogens is 236 g/mol. The number of nitrogens with zero attached hydrogens (tertiary/aromatic N) is 3. The van der Waals surface area contributed by atoms with Gasteiger partial charge in [0.25, 0.3) is 5.91 Å². The quantitative estimate of drug-likeness (QED) is 0.775. The minimum absolute atomic E-state index is 0.0497. The topological polar surface area (TPSA) is 91.2 Å². The number of nitrogens with one attached hydrogen (secondary N) is 1. The molecule has 2 rings (SSSR count). The minimum atomic E-state index is -1.30. The lowest BCUT2D eigenvalue weighted by molar-refractivity contribution is -0.117. The van der Waals surface area contributed by atoms with Gasteiger partial charge in [0.05, 0.1) is 5.69 Å². The maximum absolute atomic E-state index is 11.9. The summed E-state index contributed by atoms with van der Waals surface area (Å²) in [4.78, 5) is 33.5. The zero-order valence-corrected chi connectivity index (χ0v) is 9.53. The number of amidine groups is 1. The molecule has 0 saturated heterocycles. The van der Waals surface area contributed by atoms with Gasteiger partial charge >= 0.3 is 0 Å². The molecule has 0 aliphatic carbocycles. The highest BCUT2D eigenvalue weighted by molar-refractivity contribution is 6.21. The summed E-state index contributed by atoms with van der Waals surface area (Å²) in [6, 6.07) is 7.29. The number of amides is 2. The van der Waals surface area contributed by atoms with Crippen LogP contribution in [0.25, 0.3) is 0 Å². The van der Waals surface area contributed by atoms with Gasteiger partial charge < -0.3 is 5.32 Å². The van der Waals surface area contributed by atoms with E-state index < -0.39 is 17.9 Å². The highest BCUT2D eigenvalue weighted by Crippen LogP contribution is 2.20. The number of para-hydroxylation sites is 1. The van der Waals surface area contributed by atoms with Crippen LogP contribution in [0.1, 0.15) is 6.92 Å². The molecule has 1 heterocycles. The maximum Gasteiger partial charge on any atom is 0.283 e. The number of benzene rings is 1. The van der Waals surface area contributed by atoms with E-state index in [0.717, 1.165) is 5.01 Å². The monoisotopic (exact) mass is 246 g/mol. The molecule has 7 heteroatoms. The van der Waals surface area contributed by atoms with E-state index >= 15 is 0 Å². The van der Waals surface area contributed by atoms with Gasteiger partial charge in [-0.3, -0.25) is 9.59 Å². The Labute approximate surface area is 102 Å². The molecule has 0 fully saturated rings. The van der Waals surface area contributed by atoms with E-state index in [1.807, 2.05) is 0 Å². The Morgan fingerprint density at radius 3 is 2.61 bits per heavy atom. The highest BCUT2D eigenvalue weighted by atomic mass is 16.3. The average Bonchev–Trinajstić information content (AvgIpc) is 2.66. The van der Waals surface area contributed by atoms with Crippen molar-refractivity contribution in [3.63, 3.8) is 0 Å². The Hall–Kier alpha value is -2.57. The molecule has 1 aromatic carbocycles. The Morgan fingerprint density at radius 2 is 2.06 bits per heavy atom. The molecule has 1 aliphatic heterocycles. The summed E-state index contributed by atoms with van der Waals surface area (Å²) >= 11 is 0. The van der Waals surface area contributed by atoms with Crippen LogP contribution in [0.15, 0.2) is 40.6 Å². The molecule has 1 atom stereocenters. The first-order valence-corrected chi connectivity index (χ1v) is 5.21. The predicted molar refractivity (Wildman–Crippen MR) is 64.8 cm³/mol. The first kappa shape index (κ1) is 11.9. The molecule has 1 N–H and O–H groups in total. The molecule has 18 heavy (non-hydrogen) atoms. The maximum atomic E-state index is 11.9. The van der Waals surface area contributed by atoms with Crippen LogP contribution in [-0.2, 0) is 9.59 Å². The molecule has 0 saturated carbocycles. The molecule has 1 aliphatic rings. The van der Waals surface area contributed by atoms with Crippen LogP contribution < -0.4 is 10.3 Å². The molecule has 0 aromatic heterocycles. The van der Waals surface area contributed by atoms with E-state index in [-0.39, 0.29) is 5.84 Å². The van der Waals surface area contributed by atoms with Crippen LogP contribution in [0.3, 0.4) is 0 Å². The van der Waals surface area contributed by atoms with Gasteiger partial charge in [0, 0.05) is 6.92 Å². The summed E-state index contributed by atoms with van der Waals surface area (Å²) in [5.41, 5.74) is 0.511. The van der Waals surface area contributed by atoms with Crippen LogP contribution in [0, 0.1) is 4.91 Å². The van der Waals surface area contributed by atoms with Crippen molar-refractivity contribution < 1.29 is 9.59 Å². The third kappa shape index (κ3) is 2.10. The SMILES string of the molecule is CC(=O)NC1=NN(c2ccccc2)C(=O)[C@@H]1N=O. The second kappa shape index (κ2) is 4.74.